The number of rotatable bonds is 7. The molecule has 0 saturated heterocycles. The first kappa shape index (κ1) is 19.6. The third-order valence-corrected chi connectivity index (χ3v) is 4.48. The zero-order chi connectivity index (χ0) is 20.4. The predicted molar refractivity (Wildman–Crippen MR) is 105 cm³/mol. The SMILES string of the molecule is COCC(C)Nc1c([N+](=O)[O-])cnc2cc(-c3c(C)noc3C)c(OC)cc12. The van der Waals surface area contributed by atoms with E-state index in [1.54, 1.807) is 20.3 Å². The first-order valence-corrected chi connectivity index (χ1v) is 8.71. The van der Waals surface area contributed by atoms with Crippen LogP contribution in [0.1, 0.15) is 18.4 Å². The second-order valence-electron chi connectivity index (χ2n) is 6.55. The lowest BCUT2D eigenvalue weighted by atomic mass is 10.00. The number of nitrogens with zero attached hydrogens (tertiary/aromatic N) is 3. The van der Waals surface area contributed by atoms with Crippen molar-refractivity contribution in [3.05, 3.63) is 39.9 Å². The summed E-state index contributed by atoms with van der Waals surface area (Å²) in [6.45, 7) is 5.95. The van der Waals surface area contributed by atoms with Gasteiger partial charge in [0.05, 0.1) is 35.4 Å². The fraction of sp³-hybridized carbons (Fsp3) is 0.368. The summed E-state index contributed by atoms with van der Waals surface area (Å²) in [5, 5.41) is 19.3. The molecule has 1 N–H and O–H groups in total. The highest BCUT2D eigenvalue weighted by Gasteiger charge is 2.23. The molecule has 2 aromatic heterocycles. The van der Waals surface area contributed by atoms with Crippen molar-refractivity contribution in [1.82, 2.24) is 10.1 Å². The van der Waals surface area contributed by atoms with Crippen LogP contribution in [0, 0.1) is 24.0 Å². The Kier molecular flexibility index (Phi) is 5.46. The van der Waals surface area contributed by atoms with E-state index in [9.17, 15) is 10.1 Å². The summed E-state index contributed by atoms with van der Waals surface area (Å²) in [6, 6.07) is 3.44. The Morgan fingerprint density at radius 3 is 2.64 bits per heavy atom. The Morgan fingerprint density at radius 1 is 1.32 bits per heavy atom. The first-order chi connectivity index (χ1) is 13.4. The van der Waals surface area contributed by atoms with Crippen molar-refractivity contribution in [3.63, 3.8) is 0 Å². The Labute approximate surface area is 161 Å². The van der Waals surface area contributed by atoms with Crippen molar-refractivity contribution in [2.75, 3.05) is 26.1 Å². The van der Waals surface area contributed by atoms with Crippen LogP contribution >= 0.6 is 0 Å². The molecule has 28 heavy (non-hydrogen) atoms. The van der Waals surface area contributed by atoms with Gasteiger partial charge in [-0.15, -0.1) is 0 Å². The van der Waals surface area contributed by atoms with Crippen molar-refractivity contribution in [2.24, 2.45) is 0 Å². The molecule has 0 saturated carbocycles. The minimum atomic E-state index is -0.455. The van der Waals surface area contributed by atoms with Crippen LogP contribution in [0.2, 0.25) is 0 Å². The largest absolute Gasteiger partial charge is 0.496 e. The third kappa shape index (κ3) is 3.48. The summed E-state index contributed by atoms with van der Waals surface area (Å²) in [5.41, 5.74) is 3.17. The van der Waals surface area contributed by atoms with Gasteiger partial charge in [0.15, 0.2) is 0 Å². The molecular formula is C19H22N4O5. The summed E-state index contributed by atoms with van der Waals surface area (Å²) < 4.78 is 16.0. The zero-order valence-electron chi connectivity index (χ0n) is 16.4. The van der Waals surface area contributed by atoms with Crippen molar-refractivity contribution in [3.8, 4) is 16.9 Å². The van der Waals surface area contributed by atoms with Crippen LogP contribution in [0.5, 0.6) is 5.75 Å². The van der Waals surface area contributed by atoms with Crippen molar-refractivity contribution in [2.45, 2.75) is 26.8 Å². The van der Waals surface area contributed by atoms with Crippen molar-refractivity contribution in [1.29, 1.82) is 0 Å². The monoisotopic (exact) mass is 386 g/mol. The van der Waals surface area contributed by atoms with Crippen molar-refractivity contribution < 1.29 is 18.9 Å². The molecule has 9 heteroatoms. The summed E-state index contributed by atoms with van der Waals surface area (Å²) in [5.74, 6) is 1.20. The van der Waals surface area contributed by atoms with E-state index < -0.39 is 4.92 Å². The topological polar surface area (TPSA) is 113 Å². The quantitative estimate of drug-likeness (QED) is 0.481. The maximum absolute atomic E-state index is 11.5. The number of nitro groups is 1. The summed E-state index contributed by atoms with van der Waals surface area (Å²) in [7, 11) is 3.13. The van der Waals surface area contributed by atoms with Gasteiger partial charge in [-0.25, -0.2) is 4.98 Å². The van der Waals surface area contributed by atoms with Crippen LogP contribution < -0.4 is 10.1 Å². The van der Waals surface area contributed by atoms with Gasteiger partial charge in [0.25, 0.3) is 0 Å². The van der Waals surface area contributed by atoms with Crippen LogP contribution in [-0.2, 0) is 4.74 Å². The van der Waals surface area contributed by atoms with Gasteiger partial charge < -0.3 is 19.3 Å². The van der Waals surface area contributed by atoms with E-state index in [1.165, 1.54) is 6.20 Å². The molecular weight excluding hydrogens is 364 g/mol. The average molecular weight is 386 g/mol. The van der Waals surface area contributed by atoms with E-state index >= 15 is 0 Å². The molecule has 1 atom stereocenters. The second-order valence-corrected chi connectivity index (χ2v) is 6.55. The van der Waals surface area contributed by atoms with Gasteiger partial charge in [-0.3, -0.25) is 10.1 Å². The smallest absolute Gasteiger partial charge is 0.311 e. The van der Waals surface area contributed by atoms with Crippen LogP contribution in [-0.4, -0.2) is 41.9 Å². The van der Waals surface area contributed by atoms with Gasteiger partial charge in [0, 0.05) is 24.1 Å². The van der Waals surface area contributed by atoms with Crippen LogP contribution in [0.25, 0.3) is 22.0 Å². The molecule has 1 aromatic carbocycles. The van der Waals surface area contributed by atoms with E-state index in [2.05, 4.69) is 15.5 Å². The molecule has 3 aromatic rings. The molecule has 0 bridgehead atoms. The number of methoxy groups -OCH3 is 2. The van der Waals surface area contributed by atoms with Gasteiger partial charge in [0.2, 0.25) is 0 Å². The minimum absolute atomic E-state index is 0.109. The van der Waals surface area contributed by atoms with E-state index in [4.69, 9.17) is 14.0 Å². The molecule has 148 valence electrons. The maximum atomic E-state index is 11.5. The Balaban J connectivity index is 2.26. The third-order valence-electron chi connectivity index (χ3n) is 4.48. The molecule has 1 unspecified atom stereocenters. The van der Waals surface area contributed by atoms with Crippen molar-refractivity contribution >= 4 is 22.3 Å². The molecule has 0 aliphatic heterocycles. The molecule has 3 rings (SSSR count). The Morgan fingerprint density at radius 2 is 2.07 bits per heavy atom. The number of benzene rings is 1. The Bertz CT molecular complexity index is 1010. The number of aromatic nitrogens is 2. The van der Waals surface area contributed by atoms with Crippen LogP contribution in [0.15, 0.2) is 22.9 Å². The lowest BCUT2D eigenvalue weighted by Gasteiger charge is -2.17. The number of nitrogens with one attached hydrogen (secondary N) is 1. The Hall–Kier alpha value is -3.20. The number of anilines is 1. The molecule has 0 aliphatic carbocycles. The van der Waals surface area contributed by atoms with Gasteiger partial charge >= 0.3 is 5.69 Å². The first-order valence-electron chi connectivity index (χ1n) is 8.71. The number of hydrogen-bond donors (Lipinski definition) is 1. The fourth-order valence-electron chi connectivity index (χ4n) is 3.27. The van der Waals surface area contributed by atoms with Crippen LogP contribution in [0.4, 0.5) is 11.4 Å². The van der Waals surface area contributed by atoms with Crippen LogP contribution in [0.3, 0.4) is 0 Å². The lowest BCUT2D eigenvalue weighted by molar-refractivity contribution is -0.384. The predicted octanol–water partition coefficient (Wildman–Crippen LogP) is 3.87. The molecule has 0 amide bonds. The second kappa shape index (κ2) is 7.81. The number of fused-ring (bicyclic) bond motifs is 1. The van der Waals surface area contributed by atoms with Gasteiger partial charge in [0.1, 0.15) is 23.4 Å². The van der Waals surface area contributed by atoms with E-state index in [0.717, 1.165) is 16.8 Å². The highest BCUT2D eigenvalue weighted by atomic mass is 16.6. The summed E-state index contributed by atoms with van der Waals surface area (Å²) in [4.78, 5) is 15.4. The lowest BCUT2D eigenvalue weighted by Crippen LogP contribution is -2.21. The highest BCUT2D eigenvalue weighted by Crippen LogP contribution is 2.41. The number of aryl methyl sites for hydroxylation is 2. The molecule has 0 radical (unpaired) electrons. The molecule has 0 spiro atoms. The summed E-state index contributed by atoms with van der Waals surface area (Å²) >= 11 is 0. The van der Waals surface area contributed by atoms with Gasteiger partial charge in [-0.1, -0.05) is 5.16 Å². The minimum Gasteiger partial charge on any atom is -0.496 e. The molecule has 9 nitrogen and oxygen atoms in total. The molecule has 2 heterocycles. The van der Waals surface area contributed by atoms with Gasteiger partial charge in [-0.2, -0.15) is 0 Å². The highest BCUT2D eigenvalue weighted by molar-refractivity contribution is 6.00. The van der Waals surface area contributed by atoms with E-state index in [1.807, 2.05) is 26.8 Å². The fourth-order valence-corrected chi connectivity index (χ4v) is 3.27. The molecule has 0 aliphatic rings. The number of ether oxygens (including phenoxy) is 2. The van der Waals surface area contributed by atoms with E-state index in [0.29, 0.717) is 34.7 Å². The number of hydrogen-bond acceptors (Lipinski definition) is 8. The maximum Gasteiger partial charge on any atom is 0.311 e. The number of pyridine rings is 1. The normalized spacial score (nSPS) is 12.2. The standard InChI is InChI=1S/C19H22N4O5/c1-10(9-26-4)21-19-13-7-17(27-5)14(18-11(2)22-28-12(18)3)6-15(13)20-8-16(19)23(24)25/h6-8,10H,9H2,1-5H3,(H,20,21). The van der Waals surface area contributed by atoms with Gasteiger partial charge in [-0.05, 0) is 32.9 Å². The molecule has 0 fully saturated rings. The zero-order valence-corrected chi connectivity index (χ0v) is 16.4. The summed E-state index contributed by atoms with van der Waals surface area (Å²) in [6.07, 6.45) is 1.26. The van der Waals surface area contributed by atoms with E-state index in [-0.39, 0.29) is 11.7 Å². The average Bonchev–Trinajstić information content (AvgIpc) is 2.99.